The molecule has 0 N–H and O–H groups in total. The van der Waals surface area contributed by atoms with E-state index < -0.39 is 9.84 Å². The number of halogens is 1. The van der Waals surface area contributed by atoms with Crippen molar-refractivity contribution in [2.24, 2.45) is 0 Å². The molecule has 0 unspecified atom stereocenters. The molecule has 0 saturated carbocycles. The van der Waals surface area contributed by atoms with Crippen molar-refractivity contribution in [3.05, 3.63) is 34.9 Å². The molecule has 1 aromatic carbocycles. The molecule has 2 heterocycles. The molecule has 3 rings (SSSR count). The van der Waals surface area contributed by atoms with Crippen LogP contribution in [0, 0.1) is 10.7 Å². The summed E-state index contributed by atoms with van der Waals surface area (Å²) in [6, 6.07) is 5.76. The third-order valence-electron chi connectivity index (χ3n) is 4.14. The first-order chi connectivity index (χ1) is 11.4. The standard InChI is InChI=1S/C15H18FN3O3S2/c1-2-18(13-7-8-24(20,21)9-13)10-19-15(23)22-14(17-19)11-3-5-12(16)6-4-11/h3-6,13H,2,7-10H2,1H3/t13-/m1/s1. The van der Waals surface area contributed by atoms with Gasteiger partial charge in [0.25, 0.3) is 4.84 Å². The van der Waals surface area contributed by atoms with Gasteiger partial charge in [0.15, 0.2) is 9.84 Å². The molecular weight excluding hydrogens is 353 g/mol. The zero-order valence-electron chi connectivity index (χ0n) is 13.2. The third-order valence-corrected chi connectivity index (χ3v) is 6.19. The van der Waals surface area contributed by atoms with E-state index in [-0.39, 0.29) is 28.2 Å². The number of aromatic nitrogens is 2. The lowest BCUT2D eigenvalue weighted by atomic mass is 10.2. The Hall–Kier alpha value is -1.58. The first-order valence-electron chi connectivity index (χ1n) is 7.66. The first-order valence-corrected chi connectivity index (χ1v) is 9.89. The van der Waals surface area contributed by atoms with Crippen molar-refractivity contribution in [2.45, 2.75) is 26.1 Å². The molecule has 1 aliphatic rings. The van der Waals surface area contributed by atoms with Crippen LogP contribution >= 0.6 is 12.2 Å². The molecule has 1 fully saturated rings. The first kappa shape index (κ1) is 17.2. The van der Waals surface area contributed by atoms with Crippen LogP contribution in [0.5, 0.6) is 0 Å². The van der Waals surface area contributed by atoms with E-state index in [9.17, 15) is 12.8 Å². The minimum Gasteiger partial charge on any atom is -0.409 e. The molecule has 0 aliphatic carbocycles. The van der Waals surface area contributed by atoms with Crippen molar-refractivity contribution in [1.29, 1.82) is 0 Å². The Labute approximate surface area is 144 Å². The van der Waals surface area contributed by atoms with Crippen molar-refractivity contribution < 1.29 is 17.2 Å². The Morgan fingerprint density at radius 2 is 2.12 bits per heavy atom. The predicted octanol–water partition coefficient (Wildman–Crippen LogP) is 2.48. The molecule has 1 saturated heterocycles. The molecule has 1 aromatic heterocycles. The van der Waals surface area contributed by atoms with Crippen molar-refractivity contribution in [2.75, 3.05) is 18.1 Å². The highest BCUT2D eigenvalue weighted by atomic mass is 32.2. The van der Waals surface area contributed by atoms with E-state index in [1.807, 2.05) is 11.8 Å². The summed E-state index contributed by atoms with van der Waals surface area (Å²) in [5.41, 5.74) is 0.632. The fraction of sp³-hybridized carbons (Fsp3) is 0.467. The van der Waals surface area contributed by atoms with E-state index in [1.54, 1.807) is 12.1 Å². The van der Waals surface area contributed by atoms with Gasteiger partial charge in [0, 0.05) is 11.6 Å². The van der Waals surface area contributed by atoms with Crippen molar-refractivity contribution in [3.63, 3.8) is 0 Å². The number of sulfone groups is 1. The third kappa shape index (κ3) is 3.73. The van der Waals surface area contributed by atoms with Crippen LogP contribution in [-0.2, 0) is 16.5 Å². The zero-order valence-corrected chi connectivity index (χ0v) is 14.8. The zero-order chi connectivity index (χ0) is 17.3. The van der Waals surface area contributed by atoms with Gasteiger partial charge in [0.2, 0.25) is 5.89 Å². The van der Waals surface area contributed by atoms with E-state index >= 15 is 0 Å². The Morgan fingerprint density at radius 1 is 1.42 bits per heavy atom. The summed E-state index contributed by atoms with van der Waals surface area (Å²) in [6.07, 6.45) is 0.617. The highest BCUT2D eigenvalue weighted by Crippen LogP contribution is 2.21. The minimum atomic E-state index is -2.95. The lowest BCUT2D eigenvalue weighted by Crippen LogP contribution is -2.37. The molecule has 9 heteroatoms. The predicted molar refractivity (Wildman–Crippen MR) is 90.2 cm³/mol. The number of hydrogen-bond donors (Lipinski definition) is 0. The number of benzene rings is 1. The molecule has 6 nitrogen and oxygen atoms in total. The van der Waals surface area contributed by atoms with Gasteiger partial charge in [-0.3, -0.25) is 4.90 Å². The van der Waals surface area contributed by atoms with E-state index in [1.165, 1.54) is 16.8 Å². The van der Waals surface area contributed by atoms with Gasteiger partial charge in [-0.15, -0.1) is 5.10 Å². The van der Waals surface area contributed by atoms with Gasteiger partial charge < -0.3 is 4.42 Å². The molecule has 1 atom stereocenters. The number of rotatable bonds is 5. The van der Waals surface area contributed by atoms with Gasteiger partial charge in [0.1, 0.15) is 5.82 Å². The molecular formula is C15H18FN3O3S2. The summed E-state index contributed by atoms with van der Waals surface area (Å²) >= 11 is 5.20. The second-order valence-corrected chi connectivity index (χ2v) is 8.36. The maximum atomic E-state index is 13.0. The van der Waals surface area contributed by atoms with Gasteiger partial charge in [-0.25, -0.2) is 17.5 Å². The van der Waals surface area contributed by atoms with Crippen LogP contribution in [0.4, 0.5) is 4.39 Å². The van der Waals surface area contributed by atoms with Crippen molar-refractivity contribution in [1.82, 2.24) is 14.7 Å². The van der Waals surface area contributed by atoms with E-state index in [0.29, 0.717) is 31.1 Å². The van der Waals surface area contributed by atoms with Crippen LogP contribution in [-0.4, -0.2) is 47.2 Å². The van der Waals surface area contributed by atoms with Crippen LogP contribution < -0.4 is 0 Å². The topological polar surface area (TPSA) is 68.3 Å². The van der Waals surface area contributed by atoms with Crippen LogP contribution in [0.25, 0.3) is 11.5 Å². The van der Waals surface area contributed by atoms with E-state index in [4.69, 9.17) is 16.6 Å². The summed E-state index contributed by atoms with van der Waals surface area (Å²) < 4.78 is 43.4. The Balaban J connectivity index is 1.80. The second kappa shape index (κ2) is 6.73. The maximum absolute atomic E-state index is 13.0. The number of hydrogen-bond acceptors (Lipinski definition) is 6. The fourth-order valence-electron chi connectivity index (χ4n) is 2.81. The Bertz CT molecular complexity index is 874. The number of nitrogens with zero attached hydrogens (tertiary/aromatic N) is 3. The molecule has 130 valence electrons. The monoisotopic (exact) mass is 371 g/mol. The van der Waals surface area contributed by atoms with Crippen LogP contribution in [0.1, 0.15) is 13.3 Å². The highest BCUT2D eigenvalue weighted by Gasteiger charge is 2.32. The summed E-state index contributed by atoms with van der Waals surface area (Å²) in [4.78, 5) is 2.23. The van der Waals surface area contributed by atoms with Gasteiger partial charge >= 0.3 is 0 Å². The van der Waals surface area contributed by atoms with Gasteiger partial charge in [-0.1, -0.05) is 6.92 Å². The molecule has 24 heavy (non-hydrogen) atoms. The average molecular weight is 371 g/mol. The van der Waals surface area contributed by atoms with Crippen LogP contribution in [0.2, 0.25) is 0 Å². The normalized spacial score (nSPS) is 19.9. The molecule has 1 aliphatic heterocycles. The lowest BCUT2D eigenvalue weighted by Gasteiger charge is -2.25. The van der Waals surface area contributed by atoms with Crippen LogP contribution in [0.15, 0.2) is 28.7 Å². The SMILES string of the molecule is CCN(Cn1nc(-c2ccc(F)cc2)oc1=S)[C@@H]1CCS(=O)(=O)C1. The molecule has 2 aromatic rings. The van der Waals surface area contributed by atoms with Crippen molar-refractivity contribution >= 4 is 22.1 Å². The minimum absolute atomic E-state index is 0.0344. The quantitative estimate of drug-likeness (QED) is 0.752. The highest BCUT2D eigenvalue weighted by molar-refractivity contribution is 7.91. The summed E-state index contributed by atoms with van der Waals surface area (Å²) in [6.45, 7) is 3.01. The molecule has 0 radical (unpaired) electrons. The van der Waals surface area contributed by atoms with Gasteiger partial charge in [0.05, 0.1) is 18.2 Å². The summed E-state index contributed by atoms with van der Waals surface area (Å²) in [5.74, 6) is 0.363. The molecule has 0 spiro atoms. The lowest BCUT2D eigenvalue weighted by molar-refractivity contribution is 0.162. The second-order valence-electron chi connectivity index (χ2n) is 5.78. The summed E-state index contributed by atoms with van der Waals surface area (Å²) in [5, 5.41) is 4.34. The van der Waals surface area contributed by atoms with E-state index in [2.05, 4.69) is 5.10 Å². The molecule has 0 bridgehead atoms. The van der Waals surface area contributed by atoms with Crippen molar-refractivity contribution in [3.8, 4) is 11.5 Å². The smallest absolute Gasteiger partial charge is 0.288 e. The van der Waals surface area contributed by atoms with Gasteiger partial charge in [-0.05, 0) is 49.4 Å². The van der Waals surface area contributed by atoms with Gasteiger partial charge in [-0.2, -0.15) is 0 Å². The van der Waals surface area contributed by atoms with E-state index in [0.717, 1.165) is 0 Å². The molecule has 0 amide bonds. The fourth-order valence-corrected chi connectivity index (χ4v) is 4.75. The van der Waals surface area contributed by atoms with Crippen LogP contribution in [0.3, 0.4) is 0 Å². The summed E-state index contributed by atoms with van der Waals surface area (Å²) in [7, 11) is -2.95. The Morgan fingerprint density at radius 3 is 2.71 bits per heavy atom. The average Bonchev–Trinajstić information content (AvgIpc) is 3.08. The maximum Gasteiger partial charge on any atom is 0.288 e. The Kier molecular flexibility index (Phi) is 4.84. The largest absolute Gasteiger partial charge is 0.409 e.